The first-order chi connectivity index (χ1) is 13.7. The van der Waals surface area contributed by atoms with Crippen molar-refractivity contribution in [3.63, 3.8) is 0 Å². The standard InChI is InChI=1S/C19H15F3N4O2S/c1-10-8-11(28-19(20,21)22)4-5-12(10)26-9-24-15-14-13(25(2)3)6-7-23-17(14)29-16(15)18(26)27/h4-9H,1-3H3. The molecular weight excluding hydrogens is 405 g/mol. The third-order valence-corrected chi connectivity index (χ3v) is 5.48. The van der Waals surface area contributed by atoms with Crippen LogP contribution in [0.2, 0.25) is 0 Å². The van der Waals surface area contributed by atoms with Gasteiger partial charge in [-0.1, -0.05) is 0 Å². The molecule has 0 atom stereocenters. The minimum absolute atomic E-state index is 0.310. The van der Waals surface area contributed by atoms with Gasteiger partial charge >= 0.3 is 6.36 Å². The van der Waals surface area contributed by atoms with Gasteiger partial charge in [-0.15, -0.1) is 24.5 Å². The van der Waals surface area contributed by atoms with Gasteiger partial charge in [-0.3, -0.25) is 9.36 Å². The highest BCUT2D eigenvalue weighted by molar-refractivity contribution is 7.25. The third-order valence-electron chi connectivity index (χ3n) is 4.40. The Bertz CT molecular complexity index is 1290. The lowest BCUT2D eigenvalue weighted by atomic mass is 10.2. The van der Waals surface area contributed by atoms with Crippen molar-refractivity contribution in [1.82, 2.24) is 14.5 Å². The number of ether oxygens (including phenoxy) is 1. The van der Waals surface area contributed by atoms with E-state index in [1.165, 1.54) is 40.4 Å². The molecular formula is C19H15F3N4O2S. The maximum Gasteiger partial charge on any atom is 0.573 e. The van der Waals surface area contributed by atoms with Gasteiger partial charge in [-0.2, -0.15) is 0 Å². The molecule has 3 heterocycles. The Hall–Kier alpha value is -3.14. The second kappa shape index (κ2) is 6.73. The summed E-state index contributed by atoms with van der Waals surface area (Å²) >= 11 is 1.24. The van der Waals surface area contributed by atoms with E-state index in [0.717, 1.165) is 11.1 Å². The van der Waals surface area contributed by atoms with Crippen molar-refractivity contribution in [3.05, 3.63) is 52.7 Å². The number of fused-ring (bicyclic) bond motifs is 3. The summed E-state index contributed by atoms with van der Waals surface area (Å²) in [5.41, 5.74) is 2.02. The molecule has 4 rings (SSSR count). The Morgan fingerprint density at radius 1 is 1.17 bits per heavy atom. The topological polar surface area (TPSA) is 60.2 Å². The third kappa shape index (κ3) is 3.39. The van der Waals surface area contributed by atoms with Crippen LogP contribution in [0.5, 0.6) is 5.75 Å². The Morgan fingerprint density at radius 2 is 1.93 bits per heavy atom. The van der Waals surface area contributed by atoms with Gasteiger partial charge in [0.2, 0.25) is 0 Å². The fourth-order valence-corrected chi connectivity index (χ4v) is 4.22. The van der Waals surface area contributed by atoms with Gasteiger partial charge in [0.1, 0.15) is 21.6 Å². The Labute approximate surface area is 166 Å². The van der Waals surface area contributed by atoms with Crippen molar-refractivity contribution in [1.29, 1.82) is 0 Å². The first-order valence-corrected chi connectivity index (χ1v) is 9.30. The highest BCUT2D eigenvalue weighted by Crippen LogP contribution is 2.35. The van der Waals surface area contributed by atoms with Gasteiger partial charge in [-0.05, 0) is 36.8 Å². The number of aromatic nitrogens is 3. The average molecular weight is 420 g/mol. The number of pyridine rings is 1. The van der Waals surface area contributed by atoms with E-state index in [0.29, 0.717) is 26.3 Å². The van der Waals surface area contributed by atoms with E-state index in [9.17, 15) is 18.0 Å². The zero-order valence-corrected chi connectivity index (χ0v) is 16.4. The van der Waals surface area contributed by atoms with Gasteiger partial charge in [0.05, 0.1) is 22.3 Å². The number of rotatable bonds is 3. The second-order valence-electron chi connectivity index (χ2n) is 6.60. The summed E-state index contributed by atoms with van der Waals surface area (Å²) < 4.78 is 43.0. The van der Waals surface area contributed by atoms with Crippen LogP contribution in [-0.4, -0.2) is 35.0 Å². The van der Waals surface area contributed by atoms with Gasteiger partial charge in [0.25, 0.3) is 5.56 Å². The summed E-state index contributed by atoms with van der Waals surface area (Å²) in [6.07, 6.45) is -1.72. The smallest absolute Gasteiger partial charge is 0.406 e. The number of hydrogen-bond acceptors (Lipinski definition) is 6. The number of benzene rings is 1. The van der Waals surface area contributed by atoms with E-state index in [1.54, 1.807) is 13.1 Å². The second-order valence-corrected chi connectivity index (χ2v) is 7.60. The normalized spacial score (nSPS) is 11.9. The fourth-order valence-electron chi connectivity index (χ4n) is 3.18. The molecule has 10 heteroatoms. The molecule has 0 aliphatic carbocycles. The van der Waals surface area contributed by atoms with Crippen LogP contribution in [0.3, 0.4) is 0 Å². The van der Waals surface area contributed by atoms with Crippen molar-refractivity contribution in [2.24, 2.45) is 0 Å². The highest BCUT2D eigenvalue weighted by atomic mass is 32.1. The molecule has 0 spiro atoms. The Morgan fingerprint density at radius 3 is 2.59 bits per heavy atom. The molecule has 0 radical (unpaired) electrons. The molecule has 0 fully saturated rings. The molecule has 29 heavy (non-hydrogen) atoms. The van der Waals surface area contributed by atoms with Crippen LogP contribution in [0, 0.1) is 6.92 Å². The number of nitrogens with zero attached hydrogens (tertiary/aromatic N) is 4. The van der Waals surface area contributed by atoms with Crippen molar-refractivity contribution in [3.8, 4) is 11.4 Å². The van der Waals surface area contributed by atoms with E-state index in [2.05, 4.69) is 14.7 Å². The minimum Gasteiger partial charge on any atom is -0.406 e. The highest BCUT2D eigenvalue weighted by Gasteiger charge is 2.31. The molecule has 4 aromatic rings. The summed E-state index contributed by atoms with van der Waals surface area (Å²) in [5.74, 6) is -0.345. The van der Waals surface area contributed by atoms with E-state index >= 15 is 0 Å². The van der Waals surface area contributed by atoms with Crippen LogP contribution >= 0.6 is 11.3 Å². The molecule has 0 saturated carbocycles. The summed E-state index contributed by atoms with van der Waals surface area (Å²) in [5, 5.41) is 0.799. The fraction of sp³-hybridized carbons (Fsp3) is 0.211. The van der Waals surface area contributed by atoms with Crippen LogP contribution in [0.4, 0.5) is 18.9 Å². The molecule has 0 N–H and O–H groups in total. The van der Waals surface area contributed by atoms with E-state index in [1.807, 2.05) is 25.1 Å². The number of thiophene rings is 1. The number of halogens is 3. The van der Waals surface area contributed by atoms with Gasteiger partial charge < -0.3 is 9.64 Å². The summed E-state index contributed by atoms with van der Waals surface area (Å²) in [7, 11) is 3.79. The average Bonchev–Trinajstić information content (AvgIpc) is 3.01. The number of hydrogen-bond donors (Lipinski definition) is 0. The Balaban J connectivity index is 1.88. The van der Waals surface area contributed by atoms with Crippen LogP contribution < -0.4 is 15.2 Å². The molecule has 6 nitrogen and oxygen atoms in total. The van der Waals surface area contributed by atoms with Crippen LogP contribution in [-0.2, 0) is 0 Å². The molecule has 3 aromatic heterocycles. The van der Waals surface area contributed by atoms with Crippen molar-refractivity contribution >= 4 is 37.5 Å². The lowest BCUT2D eigenvalue weighted by molar-refractivity contribution is -0.274. The van der Waals surface area contributed by atoms with Gasteiger partial charge in [0.15, 0.2) is 0 Å². The Kier molecular flexibility index (Phi) is 4.45. The van der Waals surface area contributed by atoms with Crippen molar-refractivity contribution in [2.45, 2.75) is 13.3 Å². The predicted molar refractivity (Wildman–Crippen MR) is 106 cm³/mol. The first kappa shape index (κ1) is 19.2. The summed E-state index contributed by atoms with van der Waals surface area (Å²) in [4.78, 5) is 24.6. The molecule has 0 amide bonds. The van der Waals surface area contributed by atoms with Gasteiger partial charge in [0, 0.05) is 20.3 Å². The molecule has 0 bridgehead atoms. The molecule has 1 aromatic carbocycles. The molecule has 150 valence electrons. The maximum atomic E-state index is 13.1. The molecule has 0 aliphatic rings. The summed E-state index contributed by atoms with van der Waals surface area (Å²) in [6, 6.07) is 5.66. The first-order valence-electron chi connectivity index (χ1n) is 8.48. The predicted octanol–water partition coefficient (Wildman–Crippen LogP) is 4.27. The molecule has 0 unspecified atom stereocenters. The number of anilines is 1. The van der Waals surface area contributed by atoms with E-state index in [-0.39, 0.29) is 11.3 Å². The monoisotopic (exact) mass is 420 g/mol. The van der Waals surface area contributed by atoms with E-state index < -0.39 is 6.36 Å². The number of aryl methyl sites for hydroxylation is 1. The minimum atomic E-state index is -4.78. The summed E-state index contributed by atoms with van der Waals surface area (Å²) in [6.45, 7) is 1.60. The SMILES string of the molecule is Cc1cc(OC(F)(F)F)ccc1-n1cnc2c(sc3nccc(N(C)C)c32)c1=O. The van der Waals surface area contributed by atoms with Crippen LogP contribution in [0.1, 0.15) is 5.56 Å². The van der Waals surface area contributed by atoms with E-state index in [4.69, 9.17) is 0 Å². The largest absolute Gasteiger partial charge is 0.573 e. The molecule has 0 aliphatic heterocycles. The lowest BCUT2D eigenvalue weighted by Gasteiger charge is -2.14. The quantitative estimate of drug-likeness (QED) is 0.496. The van der Waals surface area contributed by atoms with Gasteiger partial charge in [-0.25, -0.2) is 9.97 Å². The van der Waals surface area contributed by atoms with Crippen molar-refractivity contribution < 1.29 is 17.9 Å². The van der Waals surface area contributed by atoms with Crippen LogP contribution in [0.25, 0.3) is 26.1 Å². The zero-order valence-electron chi connectivity index (χ0n) is 15.6. The number of alkyl halides is 3. The molecule has 0 saturated heterocycles. The van der Waals surface area contributed by atoms with Crippen LogP contribution in [0.15, 0.2) is 41.6 Å². The van der Waals surface area contributed by atoms with Crippen molar-refractivity contribution in [2.75, 3.05) is 19.0 Å². The zero-order chi connectivity index (χ0) is 20.9. The maximum absolute atomic E-state index is 13.1. The lowest BCUT2D eigenvalue weighted by Crippen LogP contribution is -2.19.